The normalized spacial score (nSPS) is 11.5. The van der Waals surface area contributed by atoms with Crippen LogP contribution in [0.15, 0.2) is 53.1 Å². The summed E-state index contributed by atoms with van der Waals surface area (Å²) in [6.45, 7) is 3.82. The maximum absolute atomic E-state index is 12.9. The highest BCUT2D eigenvalue weighted by Gasteiger charge is 2.30. The number of halogens is 3. The number of nitrogens with zero attached hydrogens (tertiary/aromatic N) is 3. The Kier molecular flexibility index (Phi) is 13.0. The van der Waals surface area contributed by atoms with Crippen LogP contribution in [0.1, 0.15) is 94.1 Å². The lowest BCUT2D eigenvalue weighted by molar-refractivity contribution is -0.160. The lowest BCUT2D eigenvalue weighted by Crippen LogP contribution is -2.36. The number of aryl methyl sites for hydroxylation is 1. The monoisotopic (exact) mass is 587 g/mol. The number of ether oxygens (including phenoxy) is 1. The standard InChI is InChI=1S/C32H40F3N3O4/c1-3-5-6-7-8-9-10-11-12-13-28-36-29(42-37-28)26-18-14-24(15-19-26)22-38(30(39)31(40)41-4-2)23-25-16-20-27(21-17-25)32(33,34)35/h14-21H,3-13,22-23H2,1-2H3. The van der Waals surface area contributed by atoms with Crippen molar-refractivity contribution in [1.82, 2.24) is 15.0 Å². The van der Waals surface area contributed by atoms with E-state index in [9.17, 15) is 22.8 Å². The summed E-state index contributed by atoms with van der Waals surface area (Å²) in [4.78, 5) is 30.7. The largest absolute Gasteiger partial charge is 0.459 e. The van der Waals surface area contributed by atoms with Crippen molar-refractivity contribution in [3.63, 3.8) is 0 Å². The molecule has 0 unspecified atom stereocenters. The summed E-state index contributed by atoms with van der Waals surface area (Å²) in [5, 5.41) is 4.10. The fraction of sp³-hybridized carbons (Fsp3) is 0.500. The summed E-state index contributed by atoms with van der Waals surface area (Å²) in [7, 11) is 0. The molecule has 3 rings (SSSR count). The van der Waals surface area contributed by atoms with Gasteiger partial charge in [-0.15, -0.1) is 0 Å². The van der Waals surface area contributed by atoms with E-state index in [1.54, 1.807) is 31.2 Å². The SMILES string of the molecule is CCCCCCCCCCCc1noc(-c2ccc(CN(Cc3ccc(C(F)(F)F)cc3)C(=O)C(=O)OCC)cc2)n1. The highest BCUT2D eigenvalue weighted by Crippen LogP contribution is 2.29. The maximum atomic E-state index is 12.9. The smallest absolute Gasteiger partial charge is 0.416 e. The Balaban J connectivity index is 1.57. The van der Waals surface area contributed by atoms with Crippen molar-refractivity contribution in [2.24, 2.45) is 0 Å². The minimum atomic E-state index is -4.47. The summed E-state index contributed by atoms with van der Waals surface area (Å²) in [6, 6.07) is 11.6. The molecule has 42 heavy (non-hydrogen) atoms. The zero-order valence-corrected chi connectivity index (χ0v) is 24.4. The number of amides is 1. The van der Waals surface area contributed by atoms with Gasteiger partial charge in [-0.05, 0) is 48.7 Å². The minimum Gasteiger partial charge on any atom is -0.459 e. The molecule has 1 heterocycles. The zero-order valence-electron chi connectivity index (χ0n) is 24.4. The number of unbranched alkanes of at least 4 members (excludes halogenated alkanes) is 8. The Hall–Kier alpha value is -3.69. The number of aromatic nitrogens is 2. The van der Waals surface area contributed by atoms with Gasteiger partial charge in [0, 0.05) is 25.1 Å². The highest BCUT2D eigenvalue weighted by molar-refractivity contribution is 6.32. The average molecular weight is 588 g/mol. The van der Waals surface area contributed by atoms with Gasteiger partial charge in [-0.25, -0.2) is 4.79 Å². The third kappa shape index (κ3) is 10.6. The number of carbonyl (C=O) groups is 2. The highest BCUT2D eigenvalue weighted by atomic mass is 19.4. The van der Waals surface area contributed by atoms with Gasteiger partial charge in [0.1, 0.15) is 0 Å². The van der Waals surface area contributed by atoms with E-state index in [1.807, 2.05) is 0 Å². The number of alkyl halides is 3. The van der Waals surface area contributed by atoms with Crippen LogP contribution in [-0.2, 0) is 40.0 Å². The van der Waals surface area contributed by atoms with E-state index in [4.69, 9.17) is 9.26 Å². The first-order valence-corrected chi connectivity index (χ1v) is 14.7. The molecule has 0 saturated heterocycles. The first-order valence-electron chi connectivity index (χ1n) is 14.7. The molecule has 0 fully saturated rings. The molecule has 228 valence electrons. The van der Waals surface area contributed by atoms with E-state index in [-0.39, 0.29) is 19.7 Å². The molecular formula is C32H40F3N3O4. The van der Waals surface area contributed by atoms with Gasteiger partial charge in [-0.3, -0.25) is 4.79 Å². The molecular weight excluding hydrogens is 547 g/mol. The fourth-order valence-corrected chi connectivity index (χ4v) is 4.58. The summed E-state index contributed by atoms with van der Waals surface area (Å²) >= 11 is 0. The van der Waals surface area contributed by atoms with E-state index >= 15 is 0 Å². The van der Waals surface area contributed by atoms with Crippen molar-refractivity contribution in [3.05, 3.63) is 71.0 Å². The molecule has 7 nitrogen and oxygen atoms in total. The first kappa shape index (κ1) is 32.8. The third-order valence-corrected chi connectivity index (χ3v) is 6.94. The lowest BCUT2D eigenvalue weighted by Gasteiger charge is -2.22. The summed E-state index contributed by atoms with van der Waals surface area (Å²) in [5.74, 6) is -0.832. The molecule has 0 radical (unpaired) electrons. The van der Waals surface area contributed by atoms with Crippen LogP contribution in [0.4, 0.5) is 13.2 Å². The Morgan fingerprint density at radius 3 is 1.90 bits per heavy atom. The number of rotatable bonds is 16. The fourth-order valence-electron chi connectivity index (χ4n) is 4.58. The molecule has 0 aliphatic rings. The van der Waals surface area contributed by atoms with E-state index in [0.29, 0.717) is 22.8 Å². The van der Waals surface area contributed by atoms with Crippen LogP contribution in [0.3, 0.4) is 0 Å². The lowest BCUT2D eigenvalue weighted by atomic mass is 10.1. The van der Waals surface area contributed by atoms with Gasteiger partial charge in [-0.2, -0.15) is 18.2 Å². The van der Waals surface area contributed by atoms with Gasteiger partial charge < -0.3 is 14.2 Å². The van der Waals surface area contributed by atoms with Gasteiger partial charge in [0.2, 0.25) is 0 Å². The van der Waals surface area contributed by atoms with Gasteiger partial charge in [0.15, 0.2) is 5.82 Å². The third-order valence-electron chi connectivity index (χ3n) is 6.94. The van der Waals surface area contributed by atoms with E-state index in [0.717, 1.165) is 37.0 Å². The molecule has 0 atom stereocenters. The predicted octanol–water partition coefficient (Wildman–Crippen LogP) is 7.92. The van der Waals surface area contributed by atoms with Gasteiger partial charge in [0.25, 0.3) is 5.89 Å². The number of benzene rings is 2. The van der Waals surface area contributed by atoms with Crippen molar-refractivity contribution < 1.29 is 32.0 Å². The van der Waals surface area contributed by atoms with Crippen LogP contribution in [0.2, 0.25) is 0 Å². The van der Waals surface area contributed by atoms with E-state index in [1.165, 1.54) is 62.0 Å². The molecule has 0 N–H and O–H groups in total. The number of hydrogen-bond acceptors (Lipinski definition) is 6. The van der Waals surface area contributed by atoms with Crippen molar-refractivity contribution in [3.8, 4) is 11.5 Å². The molecule has 0 saturated carbocycles. The second-order valence-electron chi connectivity index (χ2n) is 10.4. The number of esters is 1. The molecule has 0 aliphatic heterocycles. The Labute approximate surface area is 245 Å². The maximum Gasteiger partial charge on any atom is 0.416 e. The molecule has 10 heteroatoms. The van der Waals surface area contributed by atoms with E-state index in [2.05, 4.69) is 17.1 Å². The van der Waals surface area contributed by atoms with Crippen molar-refractivity contribution in [2.75, 3.05) is 6.61 Å². The van der Waals surface area contributed by atoms with Crippen LogP contribution in [0.25, 0.3) is 11.5 Å². The second-order valence-corrected chi connectivity index (χ2v) is 10.4. The molecule has 3 aromatic rings. The molecule has 1 aromatic heterocycles. The van der Waals surface area contributed by atoms with Crippen LogP contribution in [0.5, 0.6) is 0 Å². The molecule has 0 spiro atoms. The molecule has 2 aromatic carbocycles. The molecule has 0 aliphatic carbocycles. The Morgan fingerprint density at radius 1 is 0.810 bits per heavy atom. The first-order chi connectivity index (χ1) is 20.2. The van der Waals surface area contributed by atoms with Crippen LogP contribution in [0, 0.1) is 0 Å². The molecule has 0 bridgehead atoms. The van der Waals surface area contributed by atoms with Gasteiger partial charge in [-0.1, -0.05) is 87.7 Å². The van der Waals surface area contributed by atoms with Crippen molar-refractivity contribution >= 4 is 11.9 Å². The van der Waals surface area contributed by atoms with Crippen molar-refractivity contribution in [2.45, 2.75) is 97.3 Å². The van der Waals surface area contributed by atoms with Crippen LogP contribution < -0.4 is 0 Å². The second kappa shape index (κ2) is 16.7. The number of carbonyl (C=O) groups excluding carboxylic acids is 2. The topological polar surface area (TPSA) is 85.5 Å². The Bertz CT molecular complexity index is 1240. The minimum absolute atomic E-state index is 0.0265. The Morgan fingerprint density at radius 2 is 1.36 bits per heavy atom. The average Bonchev–Trinajstić information content (AvgIpc) is 3.45. The van der Waals surface area contributed by atoms with Crippen molar-refractivity contribution in [1.29, 1.82) is 0 Å². The predicted molar refractivity (Wildman–Crippen MR) is 153 cm³/mol. The molecule has 1 amide bonds. The summed E-state index contributed by atoms with van der Waals surface area (Å²) in [5.41, 5.74) is 1.08. The van der Waals surface area contributed by atoms with Crippen LogP contribution >= 0.6 is 0 Å². The van der Waals surface area contributed by atoms with E-state index < -0.39 is 23.6 Å². The quantitative estimate of drug-likeness (QED) is 0.0962. The zero-order chi connectivity index (χ0) is 30.4. The summed E-state index contributed by atoms with van der Waals surface area (Å²) < 4.78 is 49.1. The van der Waals surface area contributed by atoms with Gasteiger partial charge >= 0.3 is 18.1 Å². The number of hydrogen-bond donors (Lipinski definition) is 0. The van der Waals surface area contributed by atoms with Crippen LogP contribution in [-0.4, -0.2) is 33.5 Å². The van der Waals surface area contributed by atoms with Gasteiger partial charge in [0.05, 0.1) is 12.2 Å². The summed E-state index contributed by atoms with van der Waals surface area (Å²) in [6.07, 6.45) is 7.45.